The zero-order valence-electron chi connectivity index (χ0n) is 8.08. The molecule has 0 aliphatic rings. The second-order valence-electron chi connectivity index (χ2n) is 2.91. The van der Waals surface area contributed by atoms with Crippen molar-refractivity contribution in [3.05, 3.63) is 30.1 Å². The predicted molar refractivity (Wildman–Crippen MR) is 50.3 cm³/mol. The Morgan fingerprint density at radius 3 is 3.00 bits per heavy atom. The number of nitrogens with zero attached hydrogens (tertiary/aromatic N) is 1. The lowest BCUT2D eigenvalue weighted by molar-refractivity contribution is -0.697. The number of carbonyl (C=O) groups is 1. The summed E-state index contributed by atoms with van der Waals surface area (Å²) in [7, 11) is 1.64. The van der Waals surface area contributed by atoms with E-state index in [-0.39, 0.29) is 5.91 Å². The molecule has 1 aromatic heterocycles. The van der Waals surface area contributed by atoms with Gasteiger partial charge in [0.2, 0.25) is 0 Å². The molecule has 0 bridgehead atoms. The molecule has 1 rings (SSSR count). The number of pyridine rings is 1. The van der Waals surface area contributed by atoms with Gasteiger partial charge in [-0.25, -0.2) is 4.57 Å². The SMILES string of the molecule is CCC[n+]1cccc(C(=O)NC)c1. The maximum Gasteiger partial charge on any atom is 0.257 e. The highest BCUT2D eigenvalue weighted by Gasteiger charge is 2.07. The third-order valence-electron chi connectivity index (χ3n) is 1.83. The van der Waals surface area contributed by atoms with Crippen molar-refractivity contribution in [2.45, 2.75) is 19.9 Å². The van der Waals surface area contributed by atoms with E-state index in [0.29, 0.717) is 5.56 Å². The van der Waals surface area contributed by atoms with Gasteiger partial charge in [-0.15, -0.1) is 0 Å². The minimum Gasteiger partial charge on any atom is -0.355 e. The molecule has 0 aliphatic heterocycles. The van der Waals surface area contributed by atoms with Gasteiger partial charge in [-0.1, -0.05) is 6.92 Å². The van der Waals surface area contributed by atoms with E-state index in [1.807, 2.05) is 29.1 Å². The fourth-order valence-electron chi connectivity index (χ4n) is 1.20. The number of hydrogen-bond donors (Lipinski definition) is 1. The second-order valence-corrected chi connectivity index (χ2v) is 2.91. The van der Waals surface area contributed by atoms with E-state index in [2.05, 4.69) is 12.2 Å². The smallest absolute Gasteiger partial charge is 0.257 e. The first-order valence-corrected chi connectivity index (χ1v) is 4.49. The maximum absolute atomic E-state index is 11.2. The van der Waals surface area contributed by atoms with Crippen LogP contribution >= 0.6 is 0 Å². The second kappa shape index (κ2) is 4.60. The molecule has 0 radical (unpaired) electrons. The fourth-order valence-corrected chi connectivity index (χ4v) is 1.20. The first-order valence-electron chi connectivity index (χ1n) is 4.49. The average Bonchev–Trinajstić information content (AvgIpc) is 2.18. The largest absolute Gasteiger partial charge is 0.355 e. The number of aryl methyl sites for hydroxylation is 1. The minimum absolute atomic E-state index is 0.0366. The molecule has 1 amide bonds. The number of amides is 1. The van der Waals surface area contributed by atoms with Crippen molar-refractivity contribution in [3.8, 4) is 0 Å². The van der Waals surface area contributed by atoms with Crippen LogP contribution in [-0.4, -0.2) is 13.0 Å². The molecular formula is C10H15N2O+. The fraction of sp³-hybridized carbons (Fsp3) is 0.400. The van der Waals surface area contributed by atoms with Crippen molar-refractivity contribution < 1.29 is 9.36 Å². The number of rotatable bonds is 3. The van der Waals surface area contributed by atoms with Crippen LogP contribution in [0.4, 0.5) is 0 Å². The predicted octanol–water partition coefficient (Wildman–Crippen LogP) is 0.744. The summed E-state index contributed by atoms with van der Waals surface area (Å²) in [6, 6.07) is 3.70. The summed E-state index contributed by atoms with van der Waals surface area (Å²) in [6.07, 6.45) is 4.90. The van der Waals surface area contributed by atoms with Gasteiger partial charge in [-0.3, -0.25) is 4.79 Å². The summed E-state index contributed by atoms with van der Waals surface area (Å²) in [5.41, 5.74) is 0.707. The summed E-state index contributed by atoms with van der Waals surface area (Å²) in [5, 5.41) is 2.60. The molecule has 0 spiro atoms. The molecule has 0 aliphatic carbocycles. The lowest BCUT2D eigenvalue weighted by Gasteiger charge is -1.98. The molecule has 0 aromatic carbocycles. The van der Waals surface area contributed by atoms with Gasteiger partial charge in [0.25, 0.3) is 5.91 Å². The van der Waals surface area contributed by atoms with Gasteiger partial charge in [0, 0.05) is 19.5 Å². The highest BCUT2D eigenvalue weighted by atomic mass is 16.1. The van der Waals surface area contributed by atoms with Gasteiger partial charge >= 0.3 is 0 Å². The molecule has 70 valence electrons. The lowest BCUT2D eigenvalue weighted by atomic mass is 10.2. The van der Waals surface area contributed by atoms with Crippen LogP contribution in [0.2, 0.25) is 0 Å². The normalized spacial score (nSPS) is 9.69. The van der Waals surface area contributed by atoms with Crippen molar-refractivity contribution in [2.24, 2.45) is 0 Å². The number of aromatic nitrogens is 1. The molecule has 13 heavy (non-hydrogen) atoms. The molecule has 0 unspecified atom stereocenters. The number of carbonyl (C=O) groups excluding carboxylic acids is 1. The summed E-state index contributed by atoms with van der Waals surface area (Å²) in [4.78, 5) is 11.2. The van der Waals surface area contributed by atoms with E-state index < -0.39 is 0 Å². The van der Waals surface area contributed by atoms with Crippen LogP contribution < -0.4 is 9.88 Å². The van der Waals surface area contributed by atoms with Crippen LogP contribution in [-0.2, 0) is 6.54 Å². The van der Waals surface area contributed by atoms with Gasteiger partial charge in [-0.2, -0.15) is 0 Å². The van der Waals surface area contributed by atoms with Crippen LogP contribution in [0.25, 0.3) is 0 Å². The van der Waals surface area contributed by atoms with Crippen LogP contribution in [0.5, 0.6) is 0 Å². The summed E-state index contributed by atoms with van der Waals surface area (Å²) in [6.45, 7) is 3.06. The van der Waals surface area contributed by atoms with Crippen LogP contribution in [0, 0.1) is 0 Å². The molecule has 0 saturated carbocycles. The summed E-state index contributed by atoms with van der Waals surface area (Å²) >= 11 is 0. The van der Waals surface area contributed by atoms with Crippen molar-refractivity contribution in [1.29, 1.82) is 0 Å². The Kier molecular flexibility index (Phi) is 3.43. The Bertz CT molecular complexity index is 297. The standard InChI is InChI=1S/C10H14N2O/c1-3-6-12-7-4-5-9(8-12)10(13)11-2/h4-5,7-8H,3,6H2,1-2H3/p+1. The van der Waals surface area contributed by atoms with Crippen molar-refractivity contribution in [2.75, 3.05) is 7.05 Å². The van der Waals surface area contributed by atoms with Crippen molar-refractivity contribution >= 4 is 5.91 Å². The Labute approximate surface area is 78.4 Å². The minimum atomic E-state index is -0.0366. The zero-order valence-corrected chi connectivity index (χ0v) is 8.08. The van der Waals surface area contributed by atoms with E-state index in [1.54, 1.807) is 7.05 Å². The summed E-state index contributed by atoms with van der Waals surface area (Å²) in [5.74, 6) is -0.0366. The zero-order chi connectivity index (χ0) is 9.68. The Balaban J connectivity index is 2.85. The molecule has 0 atom stereocenters. The Morgan fingerprint density at radius 2 is 2.38 bits per heavy atom. The van der Waals surface area contributed by atoms with E-state index in [0.717, 1.165) is 13.0 Å². The van der Waals surface area contributed by atoms with Crippen LogP contribution in [0.1, 0.15) is 23.7 Å². The van der Waals surface area contributed by atoms with Gasteiger partial charge in [0.05, 0.1) is 0 Å². The van der Waals surface area contributed by atoms with Gasteiger partial charge < -0.3 is 5.32 Å². The topological polar surface area (TPSA) is 33.0 Å². The van der Waals surface area contributed by atoms with Gasteiger partial charge in [0.15, 0.2) is 12.4 Å². The molecule has 1 N–H and O–H groups in total. The first kappa shape index (κ1) is 9.71. The first-order chi connectivity index (χ1) is 6.27. The quantitative estimate of drug-likeness (QED) is 0.682. The molecule has 1 aromatic rings. The molecule has 0 fully saturated rings. The lowest BCUT2D eigenvalue weighted by Crippen LogP contribution is -2.34. The number of nitrogens with one attached hydrogen (secondary N) is 1. The third-order valence-corrected chi connectivity index (χ3v) is 1.83. The number of hydrogen-bond acceptors (Lipinski definition) is 1. The molecule has 3 nitrogen and oxygen atoms in total. The van der Waals surface area contributed by atoms with E-state index in [9.17, 15) is 4.79 Å². The molecule has 0 saturated heterocycles. The monoisotopic (exact) mass is 179 g/mol. The summed E-state index contributed by atoms with van der Waals surface area (Å²) < 4.78 is 2.02. The third kappa shape index (κ3) is 2.54. The van der Waals surface area contributed by atoms with Gasteiger partial charge in [-0.05, 0) is 6.07 Å². The molecular weight excluding hydrogens is 164 g/mol. The maximum atomic E-state index is 11.2. The van der Waals surface area contributed by atoms with Crippen molar-refractivity contribution in [1.82, 2.24) is 5.32 Å². The van der Waals surface area contributed by atoms with E-state index in [4.69, 9.17) is 0 Å². The van der Waals surface area contributed by atoms with Gasteiger partial charge in [0.1, 0.15) is 12.1 Å². The van der Waals surface area contributed by atoms with E-state index >= 15 is 0 Å². The van der Waals surface area contributed by atoms with Crippen molar-refractivity contribution in [3.63, 3.8) is 0 Å². The van der Waals surface area contributed by atoms with E-state index in [1.165, 1.54) is 0 Å². The highest BCUT2D eigenvalue weighted by molar-refractivity contribution is 5.93. The average molecular weight is 179 g/mol. The highest BCUT2D eigenvalue weighted by Crippen LogP contribution is 1.93. The van der Waals surface area contributed by atoms with Crippen LogP contribution in [0.3, 0.4) is 0 Å². The molecule has 3 heteroatoms. The Morgan fingerprint density at radius 1 is 1.62 bits per heavy atom. The Hall–Kier alpha value is -1.38. The molecule has 1 heterocycles. The van der Waals surface area contributed by atoms with Crippen LogP contribution in [0.15, 0.2) is 24.5 Å².